The third kappa shape index (κ3) is 3.29. The lowest BCUT2D eigenvalue weighted by molar-refractivity contribution is -0.146. The summed E-state index contributed by atoms with van der Waals surface area (Å²) in [6, 6.07) is 5.50. The fraction of sp³-hybridized carbons (Fsp3) is 0.600. The smallest absolute Gasteiger partial charge is 0.243 e. The molecule has 4 nitrogen and oxygen atoms in total. The second kappa shape index (κ2) is 6.31. The molecule has 0 spiro atoms. The molecular weight excluding hydrogens is 336 g/mol. The van der Waals surface area contributed by atoms with Gasteiger partial charge in [-0.15, -0.1) is 0 Å². The van der Waals surface area contributed by atoms with Crippen LogP contribution >= 0.6 is 11.6 Å². The van der Waals surface area contributed by atoms with Gasteiger partial charge in [0.1, 0.15) is 0 Å². The number of benzene rings is 1. The average molecular weight is 361 g/mol. The van der Waals surface area contributed by atoms with Crippen molar-refractivity contribution < 1.29 is 9.59 Å². The second-order valence-corrected chi connectivity index (χ2v) is 8.82. The van der Waals surface area contributed by atoms with Crippen molar-refractivity contribution in [1.29, 1.82) is 0 Å². The summed E-state index contributed by atoms with van der Waals surface area (Å²) < 4.78 is 0. The van der Waals surface area contributed by atoms with Crippen LogP contribution in [0.1, 0.15) is 44.1 Å². The topological polar surface area (TPSA) is 58.2 Å². The maximum absolute atomic E-state index is 12.8. The summed E-state index contributed by atoms with van der Waals surface area (Å²) in [5, 5.41) is 6.19. The quantitative estimate of drug-likeness (QED) is 0.855. The lowest BCUT2D eigenvalue weighted by atomic mass is 9.49. The predicted molar refractivity (Wildman–Crippen MR) is 98.4 cm³/mol. The molecule has 0 aromatic heterocycles. The molecule has 4 fully saturated rings. The van der Waals surface area contributed by atoms with Crippen LogP contribution in [0.25, 0.3) is 0 Å². The monoisotopic (exact) mass is 360 g/mol. The van der Waals surface area contributed by atoms with E-state index in [-0.39, 0.29) is 23.8 Å². The van der Waals surface area contributed by atoms with Crippen LogP contribution in [0.3, 0.4) is 0 Å². The lowest BCUT2D eigenvalue weighted by Crippen LogP contribution is -2.54. The van der Waals surface area contributed by atoms with Crippen molar-refractivity contribution in [2.75, 3.05) is 11.9 Å². The van der Waals surface area contributed by atoms with E-state index in [1.165, 1.54) is 19.3 Å². The number of hydrogen-bond acceptors (Lipinski definition) is 2. The fourth-order valence-corrected chi connectivity index (χ4v) is 5.94. The lowest BCUT2D eigenvalue weighted by Gasteiger charge is -2.55. The Hall–Kier alpha value is -1.55. The van der Waals surface area contributed by atoms with Gasteiger partial charge in [0, 0.05) is 5.41 Å². The normalized spacial score (nSPS) is 32.5. The molecular formula is C20H25ClN2O2. The zero-order valence-corrected chi connectivity index (χ0v) is 15.4. The summed E-state index contributed by atoms with van der Waals surface area (Å²) >= 11 is 6.15. The Morgan fingerprint density at radius 1 is 1.12 bits per heavy atom. The van der Waals surface area contributed by atoms with E-state index < -0.39 is 0 Å². The number of carbonyl (C=O) groups is 2. The number of hydrogen-bond donors (Lipinski definition) is 2. The molecule has 1 aromatic carbocycles. The molecule has 4 saturated carbocycles. The largest absolute Gasteiger partial charge is 0.347 e. The zero-order chi connectivity index (χ0) is 17.6. The van der Waals surface area contributed by atoms with Crippen LogP contribution in [-0.4, -0.2) is 18.4 Å². The van der Waals surface area contributed by atoms with Crippen molar-refractivity contribution >= 4 is 29.1 Å². The third-order valence-corrected chi connectivity index (χ3v) is 6.64. The van der Waals surface area contributed by atoms with Gasteiger partial charge in [0.25, 0.3) is 0 Å². The molecule has 4 aliphatic carbocycles. The number of aryl methyl sites for hydroxylation is 1. The SMILES string of the molecule is Cc1ccc(NC(=O)CNC(=O)C23CC4CC(CC(C4)C2)C3)c(Cl)c1. The first kappa shape index (κ1) is 16.9. The Morgan fingerprint density at radius 2 is 1.72 bits per heavy atom. The molecule has 0 saturated heterocycles. The van der Waals surface area contributed by atoms with E-state index in [0.717, 1.165) is 42.6 Å². The van der Waals surface area contributed by atoms with E-state index in [1.807, 2.05) is 19.1 Å². The van der Waals surface area contributed by atoms with Crippen molar-refractivity contribution in [3.05, 3.63) is 28.8 Å². The molecule has 0 unspecified atom stereocenters. The van der Waals surface area contributed by atoms with Crippen molar-refractivity contribution in [2.45, 2.75) is 45.4 Å². The molecule has 0 heterocycles. The van der Waals surface area contributed by atoms with Gasteiger partial charge in [-0.05, 0) is 80.9 Å². The van der Waals surface area contributed by atoms with Crippen LogP contribution in [0, 0.1) is 30.1 Å². The van der Waals surface area contributed by atoms with Crippen LogP contribution < -0.4 is 10.6 Å². The van der Waals surface area contributed by atoms with E-state index in [9.17, 15) is 9.59 Å². The van der Waals surface area contributed by atoms with Crippen LogP contribution in [0.5, 0.6) is 0 Å². The van der Waals surface area contributed by atoms with E-state index in [1.54, 1.807) is 6.07 Å². The van der Waals surface area contributed by atoms with Gasteiger partial charge in [0.15, 0.2) is 0 Å². The number of nitrogens with one attached hydrogen (secondary N) is 2. The van der Waals surface area contributed by atoms with E-state index in [0.29, 0.717) is 10.7 Å². The highest BCUT2D eigenvalue weighted by Crippen LogP contribution is 2.60. The molecule has 25 heavy (non-hydrogen) atoms. The first-order valence-corrected chi connectivity index (χ1v) is 9.66. The molecule has 2 N–H and O–H groups in total. The van der Waals surface area contributed by atoms with Gasteiger partial charge >= 0.3 is 0 Å². The van der Waals surface area contributed by atoms with Crippen molar-refractivity contribution in [3.8, 4) is 0 Å². The van der Waals surface area contributed by atoms with Crippen LogP contribution in [0.2, 0.25) is 5.02 Å². The highest BCUT2D eigenvalue weighted by atomic mass is 35.5. The average Bonchev–Trinajstić information content (AvgIpc) is 2.54. The van der Waals surface area contributed by atoms with Crippen LogP contribution in [-0.2, 0) is 9.59 Å². The first-order valence-electron chi connectivity index (χ1n) is 9.28. The van der Waals surface area contributed by atoms with Crippen molar-refractivity contribution in [3.63, 3.8) is 0 Å². The number of anilines is 1. The summed E-state index contributed by atoms with van der Waals surface area (Å²) in [5.74, 6) is 2.01. The number of rotatable bonds is 4. The van der Waals surface area contributed by atoms with Crippen LogP contribution in [0.4, 0.5) is 5.69 Å². The molecule has 5 rings (SSSR count). The van der Waals surface area contributed by atoms with Gasteiger partial charge < -0.3 is 10.6 Å². The number of carbonyl (C=O) groups excluding carboxylic acids is 2. The fourth-order valence-electron chi connectivity index (χ4n) is 5.65. The summed E-state index contributed by atoms with van der Waals surface area (Å²) in [6.45, 7) is 1.95. The molecule has 4 aliphatic rings. The molecule has 1 aromatic rings. The van der Waals surface area contributed by atoms with E-state index in [2.05, 4.69) is 10.6 Å². The highest BCUT2D eigenvalue weighted by Gasteiger charge is 2.54. The summed E-state index contributed by atoms with van der Waals surface area (Å²) in [4.78, 5) is 25.0. The van der Waals surface area contributed by atoms with Gasteiger partial charge in [-0.25, -0.2) is 0 Å². The molecule has 2 amide bonds. The maximum atomic E-state index is 12.8. The minimum absolute atomic E-state index is 0.00475. The standard InChI is InChI=1S/C20H25ClN2O2/c1-12-2-3-17(16(21)4-12)23-18(24)11-22-19(25)20-8-13-5-14(9-20)7-15(6-13)10-20/h2-4,13-15H,5-11H2,1H3,(H,22,25)(H,23,24). The summed E-state index contributed by atoms with van der Waals surface area (Å²) in [6.07, 6.45) is 6.94. The molecule has 0 radical (unpaired) electrons. The van der Waals surface area contributed by atoms with Gasteiger partial charge in [0.05, 0.1) is 17.3 Å². The summed E-state index contributed by atoms with van der Waals surface area (Å²) in [7, 11) is 0. The number of halogens is 1. The Bertz CT molecular complexity index is 680. The zero-order valence-electron chi connectivity index (χ0n) is 14.6. The molecule has 5 heteroatoms. The summed E-state index contributed by atoms with van der Waals surface area (Å²) in [5.41, 5.74) is 1.41. The van der Waals surface area contributed by atoms with Gasteiger partial charge in [-0.2, -0.15) is 0 Å². The van der Waals surface area contributed by atoms with Crippen molar-refractivity contribution in [2.24, 2.45) is 23.2 Å². The Morgan fingerprint density at radius 3 is 2.28 bits per heavy atom. The van der Waals surface area contributed by atoms with E-state index >= 15 is 0 Å². The van der Waals surface area contributed by atoms with Gasteiger partial charge in [-0.1, -0.05) is 17.7 Å². The Kier molecular flexibility index (Phi) is 4.27. The predicted octanol–water partition coefficient (Wildman–Crippen LogP) is 3.92. The third-order valence-electron chi connectivity index (χ3n) is 6.33. The maximum Gasteiger partial charge on any atom is 0.243 e. The van der Waals surface area contributed by atoms with Crippen LogP contribution in [0.15, 0.2) is 18.2 Å². The van der Waals surface area contributed by atoms with E-state index in [4.69, 9.17) is 11.6 Å². The molecule has 4 bridgehead atoms. The second-order valence-electron chi connectivity index (χ2n) is 8.41. The molecule has 0 atom stereocenters. The number of amides is 2. The Labute approximate surface area is 153 Å². The minimum atomic E-state index is -0.233. The Balaban J connectivity index is 1.35. The van der Waals surface area contributed by atoms with Crippen molar-refractivity contribution in [1.82, 2.24) is 5.32 Å². The van der Waals surface area contributed by atoms with Gasteiger partial charge in [-0.3, -0.25) is 9.59 Å². The highest BCUT2D eigenvalue weighted by molar-refractivity contribution is 6.33. The molecule has 134 valence electrons. The van der Waals surface area contributed by atoms with Gasteiger partial charge in [0.2, 0.25) is 11.8 Å². The first-order chi connectivity index (χ1) is 11.9. The minimum Gasteiger partial charge on any atom is -0.347 e. The molecule has 0 aliphatic heterocycles.